The lowest BCUT2D eigenvalue weighted by molar-refractivity contribution is -0.136. The van der Waals surface area contributed by atoms with Crippen LogP contribution >= 0.6 is 27.3 Å². The van der Waals surface area contributed by atoms with Crippen LogP contribution in [0, 0.1) is 0 Å². The molecule has 1 heterocycles. The van der Waals surface area contributed by atoms with Crippen LogP contribution in [0.5, 0.6) is 0 Å². The number of hydrogen-bond acceptors (Lipinski definition) is 2. The van der Waals surface area contributed by atoms with Crippen LogP contribution in [0.1, 0.15) is 21.7 Å². The molecule has 0 saturated heterocycles. The summed E-state index contributed by atoms with van der Waals surface area (Å²) in [6.45, 7) is 0. The van der Waals surface area contributed by atoms with E-state index in [1.165, 1.54) is 16.9 Å². The molecule has 0 fully saturated rings. The maximum absolute atomic E-state index is 10.5. The van der Waals surface area contributed by atoms with Crippen LogP contribution in [-0.4, -0.2) is 11.1 Å². The first-order chi connectivity index (χ1) is 6.18. The van der Waals surface area contributed by atoms with Crippen LogP contribution in [0.3, 0.4) is 0 Å². The summed E-state index contributed by atoms with van der Waals surface area (Å²) in [6, 6.07) is 0. The highest BCUT2D eigenvalue weighted by molar-refractivity contribution is 9.10. The fraction of sp³-hybridized carbons (Fsp3) is 0.444. The predicted molar refractivity (Wildman–Crippen MR) is 55.4 cm³/mol. The van der Waals surface area contributed by atoms with Crippen molar-refractivity contribution in [2.24, 2.45) is 0 Å². The molecule has 70 valence electrons. The molecule has 0 spiro atoms. The third kappa shape index (κ3) is 1.65. The topological polar surface area (TPSA) is 37.3 Å². The van der Waals surface area contributed by atoms with Gasteiger partial charge in [-0.1, -0.05) is 0 Å². The fourth-order valence-corrected chi connectivity index (χ4v) is 3.91. The molecule has 0 saturated carbocycles. The summed E-state index contributed by atoms with van der Waals surface area (Å²) >= 11 is 5.13. The molecule has 1 aliphatic carbocycles. The first-order valence-electron chi connectivity index (χ1n) is 4.19. The van der Waals surface area contributed by atoms with E-state index < -0.39 is 5.97 Å². The number of halogens is 1. The van der Waals surface area contributed by atoms with E-state index >= 15 is 0 Å². The Hall–Kier alpha value is -0.350. The molecule has 0 unspecified atom stereocenters. The van der Waals surface area contributed by atoms with Crippen molar-refractivity contribution < 1.29 is 9.90 Å². The Morgan fingerprint density at radius 2 is 2.31 bits per heavy atom. The third-order valence-corrected chi connectivity index (χ3v) is 4.75. The zero-order valence-corrected chi connectivity index (χ0v) is 9.37. The highest BCUT2D eigenvalue weighted by atomic mass is 79.9. The monoisotopic (exact) mass is 260 g/mol. The molecule has 0 bridgehead atoms. The Kier molecular flexibility index (Phi) is 2.43. The van der Waals surface area contributed by atoms with Crippen molar-refractivity contribution >= 4 is 33.2 Å². The lowest BCUT2D eigenvalue weighted by Crippen LogP contribution is -1.98. The molecule has 2 nitrogen and oxygen atoms in total. The number of thiophene rings is 1. The molecular formula is C9H9BrO2S. The Morgan fingerprint density at radius 3 is 2.92 bits per heavy atom. The third-order valence-electron chi connectivity index (χ3n) is 2.24. The summed E-state index contributed by atoms with van der Waals surface area (Å²) in [4.78, 5) is 12.9. The van der Waals surface area contributed by atoms with Crippen molar-refractivity contribution in [1.29, 1.82) is 0 Å². The van der Waals surface area contributed by atoms with Gasteiger partial charge in [-0.15, -0.1) is 11.3 Å². The Labute approximate surface area is 88.7 Å². The lowest BCUT2D eigenvalue weighted by atomic mass is 10.2. The molecule has 0 aliphatic heterocycles. The number of carboxylic acid groups (broad SMARTS) is 1. The van der Waals surface area contributed by atoms with E-state index in [1.807, 2.05) is 0 Å². The zero-order chi connectivity index (χ0) is 9.42. The summed E-state index contributed by atoms with van der Waals surface area (Å²) in [5.74, 6) is -0.749. The van der Waals surface area contributed by atoms with Crippen molar-refractivity contribution in [2.75, 3.05) is 0 Å². The SMILES string of the molecule is O=C(O)Cc1sc2c(c1Br)CCC2. The standard InChI is InChI=1S/C9H9BrO2S/c10-9-5-2-1-3-6(5)13-7(9)4-8(11)12/h1-4H2,(H,11,12). The fourth-order valence-electron chi connectivity index (χ4n) is 1.67. The Morgan fingerprint density at radius 1 is 1.54 bits per heavy atom. The average Bonchev–Trinajstić information content (AvgIpc) is 2.56. The van der Waals surface area contributed by atoms with Gasteiger partial charge in [-0.2, -0.15) is 0 Å². The summed E-state index contributed by atoms with van der Waals surface area (Å²) in [6.07, 6.45) is 3.59. The highest BCUT2D eigenvalue weighted by Crippen LogP contribution is 2.39. The maximum atomic E-state index is 10.5. The quantitative estimate of drug-likeness (QED) is 0.888. The van der Waals surface area contributed by atoms with Crippen molar-refractivity contribution in [3.05, 3.63) is 19.8 Å². The minimum absolute atomic E-state index is 0.151. The van der Waals surface area contributed by atoms with Crippen LogP contribution < -0.4 is 0 Å². The van der Waals surface area contributed by atoms with Gasteiger partial charge in [0.15, 0.2) is 0 Å². The van der Waals surface area contributed by atoms with Crippen molar-refractivity contribution in [3.8, 4) is 0 Å². The molecule has 1 aromatic rings. The molecule has 0 radical (unpaired) electrons. The molecule has 0 atom stereocenters. The second-order valence-electron chi connectivity index (χ2n) is 3.17. The number of carboxylic acids is 1. The van der Waals surface area contributed by atoms with E-state index in [0.717, 1.165) is 22.2 Å². The van der Waals surface area contributed by atoms with Gasteiger partial charge in [0.05, 0.1) is 6.42 Å². The van der Waals surface area contributed by atoms with Gasteiger partial charge >= 0.3 is 5.97 Å². The molecule has 0 amide bonds. The molecule has 1 N–H and O–H groups in total. The van der Waals surface area contributed by atoms with Crippen LogP contribution in [0.25, 0.3) is 0 Å². The van der Waals surface area contributed by atoms with E-state index in [1.54, 1.807) is 11.3 Å². The van der Waals surface area contributed by atoms with E-state index in [-0.39, 0.29) is 6.42 Å². The number of rotatable bonds is 2. The van der Waals surface area contributed by atoms with E-state index in [9.17, 15) is 4.79 Å². The molecule has 4 heteroatoms. The van der Waals surface area contributed by atoms with Crippen molar-refractivity contribution in [3.63, 3.8) is 0 Å². The first kappa shape index (κ1) is 9.21. The van der Waals surface area contributed by atoms with Gasteiger partial charge in [-0.3, -0.25) is 4.79 Å². The lowest BCUT2D eigenvalue weighted by Gasteiger charge is -1.94. The van der Waals surface area contributed by atoms with Gasteiger partial charge in [0.1, 0.15) is 0 Å². The minimum Gasteiger partial charge on any atom is -0.481 e. The zero-order valence-electron chi connectivity index (χ0n) is 6.97. The molecule has 2 rings (SSSR count). The molecule has 0 aromatic carbocycles. The second-order valence-corrected chi connectivity index (χ2v) is 5.15. The van der Waals surface area contributed by atoms with Crippen molar-refractivity contribution in [2.45, 2.75) is 25.7 Å². The van der Waals surface area contributed by atoms with Gasteiger partial charge in [0, 0.05) is 14.2 Å². The number of carbonyl (C=O) groups is 1. The van der Waals surface area contributed by atoms with Gasteiger partial charge in [-0.25, -0.2) is 0 Å². The summed E-state index contributed by atoms with van der Waals surface area (Å²) in [5.41, 5.74) is 1.35. The largest absolute Gasteiger partial charge is 0.481 e. The summed E-state index contributed by atoms with van der Waals surface area (Å²) in [5, 5.41) is 8.67. The van der Waals surface area contributed by atoms with Crippen LogP contribution in [0.2, 0.25) is 0 Å². The maximum Gasteiger partial charge on any atom is 0.308 e. The highest BCUT2D eigenvalue weighted by Gasteiger charge is 2.21. The predicted octanol–water partition coefficient (Wildman–Crippen LogP) is 2.63. The Bertz CT molecular complexity index is 357. The van der Waals surface area contributed by atoms with Crippen LogP contribution in [-0.2, 0) is 24.1 Å². The average molecular weight is 261 g/mol. The molecule has 1 aliphatic rings. The molecule has 1 aromatic heterocycles. The van der Waals surface area contributed by atoms with Gasteiger partial charge in [-0.05, 0) is 40.8 Å². The van der Waals surface area contributed by atoms with E-state index in [4.69, 9.17) is 5.11 Å². The Balaban J connectivity index is 2.33. The molecular weight excluding hydrogens is 252 g/mol. The second kappa shape index (κ2) is 3.42. The van der Waals surface area contributed by atoms with Gasteiger partial charge < -0.3 is 5.11 Å². The summed E-state index contributed by atoms with van der Waals surface area (Å²) < 4.78 is 1.05. The van der Waals surface area contributed by atoms with E-state index in [0.29, 0.717) is 0 Å². The van der Waals surface area contributed by atoms with E-state index in [2.05, 4.69) is 15.9 Å². The smallest absolute Gasteiger partial charge is 0.308 e. The normalized spacial score (nSPS) is 14.5. The van der Waals surface area contributed by atoms with Crippen molar-refractivity contribution in [1.82, 2.24) is 0 Å². The summed E-state index contributed by atoms with van der Waals surface area (Å²) in [7, 11) is 0. The number of aryl methyl sites for hydroxylation is 1. The van der Waals surface area contributed by atoms with Crippen LogP contribution in [0.4, 0.5) is 0 Å². The van der Waals surface area contributed by atoms with Gasteiger partial charge in [0.2, 0.25) is 0 Å². The van der Waals surface area contributed by atoms with Crippen LogP contribution in [0.15, 0.2) is 4.47 Å². The number of hydrogen-bond donors (Lipinski definition) is 1. The first-order valence-corrected chi connectivity index (χ1v) is 5.80. The number of aliphatic carboxylic acids is 1. The number of fused-ring (bicyclic) bond motifs is 1. The molecule has 13 heavy (non-hydrogen) atoms. The van der Waals surface area contributed by atoms with Gasteiger partial charge in [0.25, 0.3) is 0 Å². The minimum atomic E-state index is -0.749.